The topological polar surface area (TPSA) is 51.2 Å². The molecule has 0 aliphatic heterocycles. The fourth-order valence-corrected chi connectivity index (χ4v) is 1.65. The lowest BCUT2D eigenvalue weighted by Crippen LogP contribution is -2.16. The Morgan fingerprint density at radius 2 is 2.22 bits per heavy atom. The van der Waals surface area contributed by atoms with Crippen molar-refractivity contribution < 1.29 is 9.53 Å². The Balaban J connectivity index is 2.52. The van der Waals surface area contributed by atoms with Gasteiger partial charge in [0.05, 0.1) is 12.2 Å². The van der Waals surface area contributed by atoms with E-state index in [1.54, 1.807) is 19.2 Å². The van der Waals surface area contributed by atoms with E-state index in [4.69, 9.17) is 4.74 Å². The molecule has 0 aliphatic carbocycles. The third kappa shape index (κ3) is 4.73. The normalized spacial score (nSPS) is 11.9. The Bertz CT molecular complexity index is 363. The van der Waals surface area contributed by atoms with Gasteiger partial charge in [-0.15, -0.1) is 0 Å². The molecule has 4 nitrogen and oxygen atoms in total. The van der Waals surface area contributed by atoms with E-state index in [0.717, 1.165) is 12.2 Å². The monoisotopic (exact) mass is 250 g/mol. The molecule has 0 bridgehead atoms. The van der Waals surface area contributed by atoms with Crippen LogP contribution >= 0.6 is 0 Å². The van der Waals surface area contributed by atoms with Crippen molar-refractivity contribution in [2.24, 2.45) is 0 Å². The minimum atomic E-state index is -0.324. The Labute approximate surface area is 109 Å². The average Bonchev–Trinajstić information content (AvgIpc) is 2.37. The Kier molecular flexibility index (Phi) is 6.19. The predicted molar refractivity (Wildman–Crippen MR) is 72.8 cm³/mol. The number of carbonyl (C=O) groups is 1. The van der Waals surface area contributed by atoms with Crippen molar-refractivity contribution in [3.8, 4) is 0 Å². The summed E-state index contributed by atoms with van der Waals surface area (Å²) in [4.78, 5) is 15.7. The van der Waals surface area contributed by atoms with Crippen LogP contribution in [0.5, 0.6) is 0 Å². The number of anilines is 1. The minimum absolute atomic E-state index is 0.324. The predicted octanol–water partition coefficient (Wildman–Crippen LogP) is 3.25. The van der Waals surface area contributed by atoms with Gasteiger partial charge in [0.1, 0.15) is 5.82 Å². The lowest BCUT2D eigenvalue weighted by Gasteiger charge is -2.13. The highest BCUT2D eigenvalue weighted by atomic mass is 16.5. The summed E-state index contributed by atoms with van der Waals surface area (Å²) in [7, 11) is 0. The van der Waals surface area contributed by atoms with E-state index >= 15 is 0 Å². The number of nitrogens with zero attached hydrogens (tertiary/aromatic N) is 1. The third-order valence-electron chi connectivity index (χ3n) is 2.66. The van der Waals surface area contributed by atoms with Crippen molar-refractivity contribution in [1.82, 2.24) is 4.98 Å². The van der Waals surface area contributed by atoms with Crippen LogP contribution in [0.15, 0.2) is 18.3 Å². The lowest BCUT2D eigenvalue weighted by molar-refractivity contribution is 0.0526. The van der Waals surface area contributed by atoms with E-state index < -0.39 is 0 Å². The molecule has 1 rings (SSSR count). The van der Waals surface area contributed by atoms with Crippen molar-refractivity contribution in [3.05, 3.63) is 23.9 Å². The number of rotatable bonds is 7. The first-order valence-corrected chi connectivity index (χ1v) is 6.57. The van der Waals surface area contributed by atoms with Gasteiger partial charge in [0, 0.05) is 12.2 Å². The average molecular weight is 250 g/mol. The van der Waals surface area contributed by atoms with Crippen molar-refractivity contribution in [2.45, 2.75) is 46.1 Å². The summed E-state index contributed by atoms with van der Waals surface area (Å²) in [6, 6.07) is 3.94. The zero-order valence-electron chi connectivity index (χ0n) is 11.4. The fraction of sp³-hybridized carbons (Fsp3) is 0.571. The molecule has 1 N–H and O–H groups in total. The van der Waals surface area contributed by atoms with Gasteiger partial charge in [-0.1, -0.05) is 19.8 Å². The number of aromatic nitrogens is 1. The molecule has 0 amide bonds. The maximum atomic E-state index is 11.4. The molecule has 0 spiro atoms. The van der Waals surface area contributed by atoms with E-state index in [1.807, 2.05) is 6.07 Å². The first-order valence-electron chi connectivity index (χ1n) is 6.57. The van der Waals surface area contributed by atoms with Gasteiger partial charge in [0.15, 0.2) is 0 Å². The summed E-state index contributed by atoms with van der Waals surface area (Å²) < 4.78 is 4.90. The number of unbranched alkanes of at least 4 members (excludes halogenated alkanes) is 1. The molecule has 0 aromatic carbocycles. The number of nitrogens with one attached hydrogen (secondary N) is 1. The molecule has 4 heteroatoms. The summed E-state index contributed by atoms with van der Waals surface area (Å²) in [5.74, 6) is 0.474. The van der Waals surface area contributed by atoms with Crippen LogP contribution in [-0.4, -0.2) is 23.6 Å². The summed E-state index contributed by atoms with van der Waals surface area (Å²) in [5, 5.41) is 3.31. The minimum Gasteiger partial charge on any atom is -0.462 e. The van der Waals surface area contributed by atoms with Gasteiger partial charge in [-0.25, -0.2) is 9.78 Å². The first kappa shape index (κ1) is 14.5. The van der Waals surface area contributed by atoms with Crippen molar-refractivity contribution in [3.63, 3.8) is 0 Å². The molecule has 0 saturated heterocycles. The quantitative estimate of drug-likeness (QED) is 0.755. The van der Waals surface area contributed by atoms with Crippen molar-refractivity contribution in [2.75, 3.05) is 11.9 Å². The summed E-state index contributed by atoms with van der Waals surface area (Å²) in [6.07, 6.45) is 5.07. The molecule has 18 heavy (non-hydrogen) atoms. The smallest absolute Gasteiger partial charge is 0.339 e. The van der Waals surface area contributed by atoms with Crippen molar-refractivity contribution >= 4 is 11.8 Å². The maximum Gasteiger partial charge on any atom is 0.339 e. The van der Waals surface area contributed by atoms with E-state index in [2.05, 4.69) is 24.1 Å². The van der Waals surface area contributed by atoms with Gasteiger partial charge < -0.3 is 10.1 Å². The standard InChI is InChI=1S/C14H22N2O2/c1-4-6-7-11(3)16-13-9-8-12(10-15-13)14(17)18-5-2/h8-11H,4-7H2,1-3H3,(H,15,16). The van der Waals surface area contributed by atoms with Crippen LogP contribution in [0, 0.1) is 0 Å². The van der Waals surface area contributed by atoms with Crippen LogP contribution in [0.3, 0.4) is 0 Å². The second-order valence-corrected chi connectivity index (χ2v) is 4.34. The molecule has 1 aromatic heterocycles. The SMILES string of the molecule is CCCCC(C)Nc1ccc(C(=O)OCC)cn1. The molecule has 1 heterocycles. The van der Waals surface area contributed by atoms with Crippen LogP contribution < -0.4 is 5.32 Å². The summed E-state index contributed by atoms with van der Waals surface area (Å²) in [6.45, 7) is 6.49. The molecule has 1 atom stereocenters. The summed E-state index contributed by atoms with van der Waals surface area (Å²) >= 11 is 0. The second kappa shape index (κ2) is 7.69. The maximum absolute atomic E-state index is 11.4. The zero-order valence-corrected chi connectivity index (χ0v) is 11.4. The van der Waals surface area contributed by atoms with Crippen LogP contribution in [0.2, 0.25) is 0 Å². The van der Waals surface area contributed by atoms with Crippen LogP contribution in [0.4, 0.5) is 5.82 Å². The lowest BCUT2D eigenvalue weighted by atomic mass is 10.1. The first-order chi connectivity index (χ1) is 8.67. The fourth-order valence-electron chi connectivity index (χ4n) is 1.65. The molecular formula is C14H22N2O2. The van der Waals surface area contributed by atoms with E-state index in [1.165, 1.54) is 12.8 Å². The Morgan fingerprint density at radius 3 is 2.78 bits per heavy atom. The molecule has 100 valence electrons. The number of carbonyl (C=O) groups excluding carboxylic acids is 1. The number of pyridine rings is 1. The zero-order chi connectivity index (χ0) is 13.4. The number of hydrogen-bond acceptors (Lipinski definition) is 4. The highest BCUT2D eigenvalue weighted by molar-refractivity contribution is 5.89. The molecule has 0 fully saturated rings. The molecule has 1 unspecified atom stereocenters. The summed E-state index contributed by atoms with van der Waals surface area (Å²) in [5.41, 5.74) is 0.489. The second-order valence-electron chi connectivity index (χ2n) is 4.34. The molecule has 0 radical (unpaired) electrons. The Hall–Kier alpha value is -1.58. The molecule has 0 aliphatic rings. The van der Waals surface area contributed by atoms with Crippen LogP contribution in [-0.2, 0) is 4.74 Å². The molecular weight excluding hydrogens is 228 g/mol. The van der Waals surface area contributed by atoms with Gasteiger partial charge in [-0.3, -0.25) is 0 Å². The van der Waals surface area contributed by atoms with E-state index in [-0.39, 0.29) is 5.97 Å². The van der Waals surface area contributed by atoms with Gasteiger partial charge in [0.25, 0.3) is 0 Å². The molecule has 0 saturated carbocycles. The number of hydrogen-bond donors (Lipinski definition) is 1. The van der Waals surface area contributed by atoms with E-state index in [0.29, 0.717) is 18.2 Å². The number of ether oxygens (including phenoxy) is 1. The molecule has 1 aromatic rings. The van der Waals surface area contributed by atoms with Gasteiger partial charge in [-0.05, 0) is 32.4 Å². The van der Waals surface area contributed by atoms with Gasteiger partial charge in [0.2, 0.25) is 0 Å². The highest BCUT2D eigenvalue weighted by Crippen LogP contribution is 2.10. The van der Waals surface area contributed by atoms with Crippen LogP contribution in [0.25, 0.3) is 0 Å². The third-order valence-corrected chi connectivity index (χ3v) is 2.66. The Morgan fingerprint density at radius 1 is 1.44 bits per heavy atom. The van der Waals surface area contributed by atoms with Crippen molar-refractivity contribution in [1.29, 1.82) is 0 Å². The van der Waals surface area contributed by atoms with Gasteiger partial charge >= 0.3 is 5.97 Å². The number of esters is 1. The largest absolute Gasteiger partial charge is 0.462 e. The highest BCUT2D eigenvalue weighted by Gasteiger charge is 2.07. The van der Waals surface area contributed by atoms with Gasteiger partial charge in [-0.2, -0.15) is 0 Å². The van der Waals surface area contributed by atoms with Crippen LogP contribution in [0.1, 0.15) is 50.4 Å². The van der Waals surface area contributed by atoms with E-state index in [9.17, 15) is 4.79 Å².